The first-order valence-corrected chi connectivity index (χ1v) is 14.0. The summed E-state index contributed by atoms with van der Waals surface area (Å²) in [6, 6.07) is 15.4. The van der Waals surface area contributed by atoms with Crippen molar-refractivity contribution in [1.29, 1.82) is 0 Å². The van der Waals surface area contributed by atoms with E-state index >= 15 is 0 Å². The predicted octanol–water partition coefficient (Wildman–Crippen LogP) is 4.71. The van der Waals surface area contributed by atoms with Gasteiger partial charge in [0.25, 0.3) is 0 Å². The fourth-order valence-corrected chi connectivity index (χ4v) is 5.42. The number of sulfonamides is 1. The average molecular weight is 553 g/mol. The molecule has 0 saturated carbocycles. The molecule has 3 N–H and O–H groups in total. The van der Waals surface area contributed by atoms with Crippen LogP contribution in [0.25, 0.3) is 11.3 Å². The molecule has 5 rings (SSSR count). The summed E-state index contributed by atoms with van der Waals surface area (Å²) < 4.78 is 62.5. The number of pyridine rings is 1. The van der Waals surface area contributed by atoms with Crippen molar-refractivity contribution >= 4 is 21.7 Å². The minimum absolute atomic E-state index is 0.0673. The van der Waals surface area contributed by atoms with Crippen LogP contribution in [-0.2, 0) is 15.8 Å². The van der Waals surface area contributed by atoms with Gasteiger partial charge in [-0.05, 0) is 43.1 Å². The zero-order valence-electron chi connectivity index (χ0n) is 20.8. The zero-order chi connectivity index (χ0) is 27.2. The zero-order valence-corrected chi connectivity index (χ0v) is 21.6. The number of benzene rings is 2. The van der Waals surface area contributed by atoms with Gasteiger partial charge in [-0.3, -0.25) is 4.72 Å². The third kappa shape index (κ3) is 6.84. The molecule has 1 fully saturated rings. The van der Waals surface area contributed by atoms with Gasteiger partial charge >= 0.3 is 0 Å². The maximum absolute atomic E-state index is 14.9. The standard InChI is InChI=1S/C27H26F2N6O3S/c28-22-14-20(15-23(29)25(22)35-39(36,37)17-18-6-2-1-3-7-18)38-26-21(9-5-12-31-26)24-10-13-32-27(34-24)33-19-8-4-11-30-16-19/h1-3,5-7,9-10,12-15,19,30,35H,4,8,11,16-17H2,(H,32,33,34)/t19-/m0/s1. The molecular weight excluding hydrogens is 526 g/mol. The molecule has 0 spiro atoms. The van der Waals surface area contributed by atoms with Gasteiger partial charge in [-0.1, -0.05) is 30.3 Å². The van der Waals surface area contributed by atoms with Gasteiger partial charge < -0.3 is 15.4 Å². The van der Waals surface area contributed by atoms with Crippen LogP contribution in [0.4, 0.5) is 20.4 Å². The molecule has 2 aromatic heterocycles. The lowest BCUT2D eigenvalue weighted by atomic mass is 10.1. The number of nitrogens with zero attached hydrogens (tertiary/aromatic N) is 3. The molecule has 39 heavy (non-hydrogen) atoms. The second-order valence-electron chi connectivity index (χ2n) is 9.02. The van der Waals surface area contributed by atoms with E-state index in [1.54, 1.807) is 54.7 Å². The molecule has 0 bridgehead atoms. The third-order valence-corrected chi connectivity index (χ3v) is 7.25. The lowest BCUT2D eigenvalue weighted by molar-refractivity contribution is 0.454. The average Bonchev–Trinajstić information content (AvgIpc) is 2.92. The molecule has 1 aliphatic rings. The highest BCUT2D eigenvalue weighted by atomic mass is 32.2. The van der Waals surface area contributed by atoms with E-state index < -0.39 is 33.1 Å². The number of piperidine rings is 1. The topological polar surface area (TPSA) is 118 Å². The summed E-state index contributed by atoms with van der Waals surface area (Å²) in [5.41, 5.74) is 0.680. The lowest BCUT2D eigenvalue weighted by Crippen LogP contribution is -2.38. The number of anilines is 2. The van der Waals surface area contributed by atoms with Crippen molar-refractivity contribution in [1.82, 2.24) is 20.3 Å². The van der Waals surface area contributed by atoms with Gasteiger partial charge in [0.15, 0.2) is 11.6 Å². The van der Waals surface area contributed by atoms with E-state index in [1.807, 2.05) is 4.72 Å². The number of rotatable bonds is 9. The molecule has 12 heteroatoms. The first-order chi connectivity index (χ1) is 18.9. The van der Waals surface area contributed by atoms with E-state index in [9.17, 15) is 17.2 Å². The molecule has 0 amide bonds. The Hall–Kier alpha value is -4.16. The first-order valence-electron chi connectivity index (χ1n) is 12.3. The van der Waals surface area contributed by atoms with E-state index in [4.69, 9.17) is 4.74 Å². The van der Waals surface area contributed by atoms with Crippen LogP contribution in [0.3, 0.4) is 0 Å². The molecule has 4 aromatic rings. The minimum atomic E-state index is -4.07. The normalized spacial score (nSPS) is 15.5. The van der Waals surface area contributed by atoms with Gasteiger partial charge in [0, 0.05) is 37.1 Å². The first kappa shape index (κ1) is 26.4. The number of ether oxygens (including phenoxy) is 1. The Morgan fingerprint density at radius 1 is 1.00 bits per heavy atom. The van der Waals surface area contributed by atoms with Gasteiger partial charge in [-0.2, -0.15) is 0 Å². The number of aromatic nitrogens is 3. The van der Waals surface area contributed by atoms with E-state index in [0.717, 1.165) is 38.1 Å². The van der Waals surface area contributed by atoms with Crippen LogP contribution in [0.2, 0.25) is 0 Å². The van der Waals surface area contributed by atoms with Crippen molar-refractivity contribution in [3.63, 3.8) is 0 Å². The Morgan fingerprint density at radius 2 is 1.79 bits per heavy atom. The molecular formula is C27H26F2N6O3S. The van der Waals surface area contributed by atoms with Crippen molar-refractivity contribution in [2.24, 2.45) is 0 Å². The van der Waals surface area contributed by atoms with E-state index in [1.165, 1.54) is 6.20 Å². The van der Waals surface area contributed by atoms with E-state index in [-0.39, 0.29) is 17.7 Å². The molecule has 3 heterocycles. The van der Waals surface area contributed by atoms with Crippen LogP contribution in [0.15, 0.2) is 73.1 Å². The van der Waals surface area contributed by atoms with Gasteiger partial charge in [0.05, 0.1) is 17.0 Å². The largest absolute Gasteiger partial charge is 0.438 e. The van der Waals surface area contributed by atoms with Crippen molar-refractivity contribution in [3.05, 3.63) is 90.3 Å². The molecule has 0 aliphatic carbocycles. The summed E-state index contributed by atoms with van der Waals surface area (Å²) in [6.07, 6.45) is 5.13. The Morgan fingerprint density at radius 3 is 2.54 bits per heavy atom. The number of nitrogens with one attached hydrogen (secondary N) is 3. The molecule has 1 saturated heterocycles. The van der Waals surface area contributed by atoms with Gasteiger partial charge in [0.2, 0.25) is 21.9 Å². The fraction of sp³-hybridized carbons (Fsp3) is 0.222. The smallest absolute Gasteiger partial charge is 0.237 e. The van der Waals surface area contributed by atoms with Crippen LogP contribution >= 0.6 is 0 Å². The monoisotopic (exact) mass is 552 g/mol. The number of hydrogen-bond donors (Lipinski definition) is 3. The second-order valence-corrected chi connectivity index (χ2v) is 10.7. The van der Waals surface area contributed by atoms with Gasteiger partial charge in [-0.25, -0.2) is 32.2 Å². The van der Waals surface area contributed by atoms with Crippen molar-refractivity contribution in [2.45, 2.75) is 24.6 Å². The van der Waals surface area contributed by atoms with Crippen LogP contribution in [-0.4, -0.2) is 42.5 Å². The Balaban J connectivity index is 1.35. The minimum Gasteiger partial charge on any atom is -0.438 e. The van der Waals surface area contributed by atoms with Crippen molar-refractivity contribution in [2.75, 3.05) is 23.1 Å². The molecule has 9 nitrogen and oxygen atoms in total. The van der Waals surface area contributed by atoms with Gasteiger partial charge in [-0.15, -0.1) is 0 Å². The summed E-state index contributed by atoms with van der Waals surface area (Å²) in [4.78, 5) is 13.1. The van der Waals surface area contributed by atoms with Crippen LogP contribution in [0.1, 0.15) is 18.4 Å². The molecule has 1 aliphatic heterocycles. The molecule has 2 aromatic carbocycles. The maximum atomic E-state index is 14.9. The molecule has 1 atom stereocenters. The Bertz CT molecular complexity index is 1530. The van der Waals surface area contributed by atoms with Crippen LogP contribution in [0.5, 0.6) is 11.6 Å². The van der Waals surface area contributed by atoms with Gasteiger partial charge in [0.1, 0.15) is 11.4 Å². The number of halogens is 2. The van der Waals surface area contributed by atoms with E-state index in [0.29, 0.717) is 22.8 Å². The Kier molecular flexibility index (Phi) is 7.94. The maximum Gasteiger partial charge on any atom is 0.237 e. The van der Waals surface area contributed by atoms with E-state index in [2.05, 4.69) is 25.6 Å². The lowest BCUT2D eigenvalue weighted by Gasteiger charge is -2.23. The fourth-order valence-electron chi connectivity index (χ4n) is 4.21. The highest BCUT2D eigenvalue weighted by Gasteiger charge is 2.21. The Labute approximate surface area is 224 Å². The summed E-state index contributed by atoms with van der Waals surface area (Å²) in [5.74, 6) is -2.38. The van der Waals surface area contributed by atoms with Crippen molar-refractivity contribution < 1.29 is 21.9 Å². The van der Waals surface area contributed by atoms with Crippen LogP contribution < -0.4 is 20.1 Å². The SMILES string of the molecule is O=S(=O)(Cc1ccccc1)Nc1c(F)cc(Oc2ncccc2-c2ccnc(N[C@H]3CCCNC3)n2)cc1F. The summed E-state index contributed by atoms with van der Waals surface area (Å²) >= 11 is 0. The molecule has 0 unspecified atom stereocenters. The van der Waals surface area contributed by atoms with Crippen molar-refractivity contribution in [3.8, 4) is 22.9 Å². The second kappa shape index (κ2) is 11.7. The third-order valence-electron chi connectivity index (χ3n) is 6.02. The van der Waals surface area contributed by atoms with Crippen LogP contribution in [0, 0.1) is 11.6 Å². The summed E-state index contributed by atoms with van der Waals surface area (Å²) in [5, 5.41) is 6.64. The predicted molar refractivity (Wildman–Crippen MR) is 144 cm³/mol. The summed E-state index contributed by atoms with van der Waals surface area (Å²) in [7, 11) is -4.07. The molecule has 0 radical (unpaired) electrons. The summed E-state index contributed by atoms with van der Waals surface area (Å²) in [6.45, 7) is 1.79. The number of hydrogen-bond acceptors (Lipinski definition) is 8. The quantitative estimate of drug-likeness (QED) is 0.273. The highest BCUT2D eigenvalue weighted by molar-refractivity contribution is 7.91. The molecule has 202 valence electrons. The highest BCUT2D eigenvalue weighted by Crippen LogP contribution is 2.33.